The second kappa shape index (κ2) is 7.97. The first-order valence-corrected chi connectivity index (χ1v) is 8.41. The Kier molecular flexibility index (Phi) is 5.49. The molecule has 0 aliphatic rings. The minimum Gasteiger partial charge on any atom is -0.340 e. The van der Waals surface area contributed by atoms with Gasteiger partial charge in [-0.2, -0.15) is 0 Å². The molecule has 4 nitrogen and oxygen atoms in total. The fourth-order valence-corrected chi connectivity index (χ4v) is 2.54. The van der Waals surface area contributed by atoms with E-state index in [0.717, 1.165) is 11.1 Å². The van der Waals surface area contributed by atoms with Crippen LogP contribution in [0.1, 0.15) is 11.1 Å². The minimum absolute atomic E-state index is 0.0370. The van der Waals surface area contributed by atoms with E-state index in [4.69, 9.17) is 11.6 Å². The van der Waals surface area contributed by atoms with Crippen LogP contribution < -0.4 is 10.6 Å². The molecule has 0 spiro atoms. The largest absolute Gasteiger partial charge is 0.340 e. The number of benzene rings is 2. The number of pyridine rings is 1. The Bertz CT molecular complexity index is 911. The van der Waals surface area contributed by atoms with Gasteiger partial charge in [0, 0.05) is 5.69 Å². The zero-order chi connectivity index (χ0) is 18.5. The molecule has 26 heavy (non-hydrogen) atoms. The fourth-order valence-electron chi connectivity index (χ4n) is 2.36. The lowest BCUT2D eigenvalue weighted by molar-refractivity contribution is -0.115. The van der Waals surface area contributed by atoms with E-state index in [1.807, 2.05) is 31.2 Å². The van der Waals surface area contributed by atoms with Gasteiger partial charge in [-0.15, -0.1) is 0 Å². The number of halogens is 2. The lowest BCUT2D eigenvalue weighted by atomic mass is 10.1. The van der Waals surface area contributed by atoms with Crippen LogP contribution >= 0.6 is 11.6 Å². The lowest BCUT2D eigenvalue weighted by Crippen LogP contribution is -2.14. The van der Waals surface area contributed by atoms with Crippen LogP contribution in [0.2, 0.25) is 5.02 Å². The van der Waals surface area contributed by atoms with Crippen LogP contribution in [0.15, 0.2) is 60.8 Å². The van der Waals surface area contributed by atoms with Gasteiger partial charge in [0.2, 0.25) is 5.91 Å². The maximum absolute atomic E-state index is 13.2. The van der Waals surface area contributed by atoms with Crippen LogP contribution in [0.3, 0.4) is 0 Å². The molecular formula is C20H17ClFN3O. The van der Waals surface area contributed by atoms with Gasteiger partial charge in [0.05, 0.1) is 23.3 Å². The molecule has 0 saturated heterocycles. The molecule has 6 heteroatoms. The maximum atomic E-state index is 13.2. The van der Waals surface area contributed by atoms with E-state index in [0.29, 0.717) is 23.6 Å². The lowest BCUT2D eigenvalue weighted by Gasteiger charge is -2.08. The number of hydrogen-bond donors (Lipinski definition) is 2. The van der Waals surface area contributed by atoms with Crippen molar-refractivity contribution in [2.75, 3.05) is 10.6 Å². The van der Waals surface area contributed by atoms with Gasteiger partial charge in [-0.3, -0.25) is 4.79 Å². The summed E-state index contributed by atoms with van der Waals surface area (Å²) in [4.78, 5) is 16.3. The summed E-state index contributed by atoms with van der Waals surface area (Å²) in [6.07, 6.45) is 1.86. The predicted molar refractivity (Wildman–Crippen MR) is 102 cm³/mol. The van der Waals surface area contributed by atoms with E-state index >= 15 is 0 Å². The molecule has 0 radical (unpaired) electrons. The van der Waals surface area contributed by atoms with E-state index in [-0.39, 0.29) is 10.9 Å². The molecule has 0 aliphatic carbocycles. The van der Waals surface area contributed by atoms with Crippen LogP contribution in [-0.4, -0.2) is 10.9 Å². The molecule has 0 bridgehead atoms. The molecule has 132 valence electrons. The first-order valence-electron chi connectivity index (χ1n) is 8.03. The topological polar surface area (TPSA) is 54.0 Å². The standard InChI is InChI=1S/C20H17ClFN3O/c1-13-2-4-14(5-3-13)10-20(26)25-16-7-9-19(23-12-16)24-15-6-8-18(22)17(21)11-15/h2-9,11-12H,10H2,1H3,(H,23,24)(H,25,26). The average molecular weight is 370 g/mol. The first-order chi connectivity index (χ1) is 12.5. The van der Waals surface area contributed by atoms with Gasteiger partial charge in [0.15, 0.2) is 0 Å². The molecule has 1 aromatic heterocycles. The Morgan fingerprint density at radius 2 is 1.81 bits per heavy atom. The Labute approximate surface area is 156 Å². The van der Waals surface area contributed by atoms with Gasteiger partial charge in [-0.05, 0) is 42.8 Å². The molecule has 3 aromatic rings. The number of aromatic nitrogens is 1. The summed E-state index contributed by atoms with van der Waals surface area (Å²) in [5.41, 5.74) is 3.33. The highest BCUT2D eigenvalue weighted by Gasteiger charge is 2.06. The molecule has 0 unspecified atom stereocenters. The van der Waals surface area contributed by atoms with Crippen LogP contribution in [0.25, 0.3) is 0 Å². The molecule has 2 N–H and O–H groups in total. The van der Waals surface area contributed by atoms with Gasteiger partial charge in [-0.25, -0.2) is 9.37 Å². The second-order valence-corrected chi connectivity index (χ2v) is 6.30. The average Bonchev–Trinajstić information content (AvgIpc) is 2.62. The van der Waals surface area contributed by atoms with Crippen molar-refractivity contribution in [3.63, 3.8) is 0 Å². The number of aryl methyl sites for hydroxylation is 1. The molecule has 0 saturated carbocycles. The molecular weight excluding hydrogens is 353 g/mol. The molecule has 2 aromatic carbocycles. The van der Waals surface area contributed by atoms with Crippen molar-refractivity contribution in [1.29, 1.82) is 0 Å². The van der Waals surface area contributed by atoms with Gasteiger partial charge in [-0.1, -0.05) is 41.4 Å². The maximum Gasteiger partial charge on any atom is 0.228 e. The summed E-state index contributed by atoms with van der Waals surface area (Å²) >= 11 is 5.75. The van der Waals surface area contributed by atoms with Crippen LogP contribution in [-0.2, 0) is 11.2 Å². The normalized spacial score (nSPS) is 10.4. The number of amides is 1. The molecule has 1 amide bonds. The van der Waals surface area contributed by atoms with Gasteiger partial charge in [0.25, 0.3) is 0 Å². The second-order valence-electron chi connectivity index (χ2n) is 5.90. The summed E-state index contributed by atoms with van der Waals surface area (Å²) in [6, 6.07) is 15.6. The summed E-state index contributed by atoms with van der Waals surface area (Å²) < 4.78 is 13.2. The third-order valence-corrected chi connectivity index (χ3v) is 4.01. The zero-order valence-electron chi connectivity index (χ0n) is 14.1. The molecule has 0 atom stereocenters. The number of carbonyl (C=O) groups excluding carboxylic acids is 1. The SMILES string of the molecule is Cc1ccc(CC(=O)Nc2ccc(Nc3ccc(F)c(Cl)c3)nc2)cc1. The minimum atomic E-state index is -0.475. The summed E-state index contributed by atoms with van der Waals surface area (Å²) in [6.45, 7) is 2.00. The third-order valence-electron chi connectivity index (χ3n) is 3.72. The smallest absolute Gasteiger partial charge is 0.228 e. The fraction of sp³-hybridized carbons (Fsp3) is 0.100. The number of carbonyl (C=O) groups is 1. The van der Waals surface area contributed by atoms with Crippen LogP contribution in [0, 0.1) is 12.7 Å². The van der Waals surface area contributed by atoms with E-state index in [9.17, 15) is 9.18 Å². The number of rotatable bonds is 5. The van der Waals surface area contributed by atoms with Crippen molar-refractivity contribution in [1.82, 2.24) is 4.98 Å². The number of nitrogens with one attached hydrogen (secondary N) is 2. The summed E-state index contributed by atoms with van der Waals surface area (Å²) in [5.74, 6) is -0.0253. The Hall–Kier alpha value is -2.92. The van der Waals surface area contributed by atoms with Crippen molar-refractivity contribution in [3.8, 4) is 0 Å². The molecule has 0 fully saturated rings. The van der Waals surface area contributed by atoms with E-state index in [1.165, 1.54) is 12.1 Å². The van der Waals surface area contributed by atoms with Crippen LogP contribution in [0.4, 0.5) is 21.6 Å². The van der Waals surface area contributed by atoms with Gasteiger partial charge >= 0.3 is 0 Å². The number of anilines is 3. The Morgan fingerprint density at radius 3 is 2.46 bits per heavy atom. The molecule has 1 heterocycles. The highest BCUT2D eigenvalue weighted by Crippen LogP contribution is 2.22. The number of hydrogen-bond acceptors (Lipinski definition) is 3. The van der Waals surface area contributed by atoms with E-state index < -0.39 is 5.82 Å². The number of nitrogens with zero attached hydrogens (tertiary/aromatic N) is 1. The van der Waals surface area contributed by atoms with Crippen molar-refractivity contribution in [3.05, 3.63) is 82.8 Å². The van der Waals surface area contributed by atoms with Crippen molar-refractivity contribution in [2.24, 2.45) is 0 Å². The van der Waals surface area contributed by atoms with E-state index in [2.05, 4.69) is 15.6 Å². The Balaban J connectivity index is 1.59. The summed E-state index contributed by atoms with van der Waals surface area (Å²) in [7, 11) is 0. The van der Waals surface area contributed by atoms with Crippen molar-refractivity contribution >= 4 is 34.7 Å². The monoisotopic (exact) mass is 369 g/mol. The highest BCUT2D eigenvalue weighted by molar-refractivity contribution is 6.31. The van der Waals surface area contributed by atoms with Crippen molar-refractivity contribution < 1.29 is 9.18 Å². The molecule has 0 aliphatic heterocycles. The quantitative estimate of drug-likeness (QED) is 0.657. The van der Waals surface area contributed by atoms with E-state index in [1.54, 1.807) is 24.4 Å². The predicted octanol–water partition coefficient (Wildman–Crippen LogP) is 5.11. The van der Waals surface area contributed by atoms with Crippen molar-refractivity contribution in [2.45, 2.75) is 13.3 Å². The zero-order valence-corrected chi connectivity index (χ0v) is 14.8. The highest BCUT2D eigenvalue weighted by atomic mass is 35.5. The van der Waals surface area contributed by atoms with Gasteiger partial charge < -0.3 is 10.6 Å². The Morgan fingerprint density at radius 1 is 1.08 bits per heavy atom. The van der Waals surface area contributed by atoms with Gasteiger partial charge in [0.1, 0.15) is 11.6 Å². The summed E-state index contributed by atoms with van der Waals surface area (Å²) in [5, 5.41) is 5.87. The van der Waals surface area contributed by atoms with Crippen LogP contribution in [0.5, 0.6) is 0 Å². The first kappa shape index (κ1) is 17.9. The molecule has 3 rings (SSSR count). The third kappa shape index (κ3) is 4.80.